The van der Waals surface area contributed by atoms with Gasteiger partial charge >= 0.3 is 0 Å². The Morgan fingerprint density at radius 1 is 1.38 bits per heavy atom. The molecule has 1 rings (SSSR count). The Balaban J connectivity index is 3.50. The number of nitriles is 2. The number of hydrogen-bond donors (Lipinski definition) is 1. The molecule has 0 radical (unpaired) electrons. The van der Waals surface area contributed by atoms with Crippen LogP contribution in [0.2, 0.25) is 0 Å². The predicted molar refractivity (Wildman–Crippen MR) is 65.6 cm³/mol. The molecule has 0 fully saturated rings. The zero-order chi connectivity index (χ0) is 12.3. The molecular formula is C10H5Br2N3O. The van der Waals surface area contributed by atoms with E-state index in [9.17, 15) is 4.79 Å². The fourth-order valence-electron chi connectivity index (χ4n) is 1.11. The summed E-state index contributed by atoms with van der Waals surface area (Å²) in [5.41, 5.74) is 0.896. The van der Waals surface area contributed by atoms with Crippen LogP contribution >= 0.6 is 31.9 Å². The fraction of sp³-hybridized carbons (Fsp3) is 0.100. The second-order valence-corrected chi connectivity index (χ2v) is 4.52. The Bertz CT molecular complexity index is 540. The first kappa shape index (κ1) is 12.7. The molecular weight excluding hydrogens is 338 g/mol. The molecule has 0 aliphatic carbocycles. The molecule has 80 valence electrons. The van der Waals surface area contributed by atoms with Crippen molar-refractivity contribution in [2.24, 2.45) is 0 Å². The molecule has 4 nitrogen and oxygen atoms in total. The molecule has 0 aromatic heterocycles. The zero-order valence-corrected chi connectivity index (χ0v) is 11.3. The molecule has 0 unspecified atom stereocenters. The number of anilines is 1. The lowest BCUT2D eigenvalue weighted by atomic mass is 10.1. The summed E-state index contributed by atoms with van der Waals surface area (Å²) >= 11 is 6.42. The Morgan fingerprint density at radius 3 is 2.44 bits per heavy atom. The van der Waals surface area contributed by atoms with Crippen LogP contribution in [0.5, 0.6) is 0 Å². The number of carbonyl (C=O) groups excluding carboxylic acids is 1. The van der Waals surface area contributed by atoms with Gasteiger partial charge in [-0.25, -0.2) is 0 Å². The van der Waals surface area contributed by atoms with Crippen LogP contribution in [0.15, 0.2) is 15.0 Å². The first-order chi connectivity index (χ1) is 7.51. The molecule has 0 saturated carbocycles. The van der Waals surface area contributed by atoms with Gasteiger partial charge in [0.2, 0.25) is 5.91 Å². The van der Waals surface area contributed by atoms with Crippen LogP contribution in [0.3, 0.4) is 0 Å². The van der Waals surface area contributed by atoms with E-state index < -0.39 is 0 Å². The highest BCUT2D eigenvalue weighted by atomic mass is 79.9. The molecule has 6 heteroatoms. The summed E-state index contributed by atoms with van der Waals surface area (Å²) in [4.78, 5) is 11.0. The highest BCUT2D eigenvalue weighted by Crippen LogP contribution is 2.35. The van der Waals surface area contributed by atoms with Gasteiger partial charge in [0.25, 0.3) is 0 Å². The number of hydrogen-bond acceptors (Lipinski definition) is 3. The van der Waals surface area contributed by atoms with Crippen molar-refractivity contribution in [3.8, 4) is 12.1 Å². The van der Waals surface area contributed by atoms with Gasteiger partial charge in [-0.05, 0) is 37.9 Å². The number of carbonyl (C=O) groups is 1. The minimum Gasteiger partial charge on any atom is -0.324 e. The van der Waals surface area contributed by atoms with Crippen molar-refractivity contribution >= 4 is 43.5 Å². The molecule has 1 N–H and O–H groups in total. The van der Waals surface area contributed by atoms with Crippen molar-refractivity contribution in [3.63, 3.8) is 0 Å². The van der Waals surface area contributed by atoms with Crippen LogP contribution in [0, 0.1) is 22.7 Å². The zero-order valence-electron chi connectivity index (χ0n) is 8.14. The van der Waals surface area contributed by atoms with Crippen molar-refractivity contribution in [1.82, 2.24) is 0 Å². The number of nitrogens with one attached hydrogen (secondary N) is 1. The third-order valence-corrected chi connectivity index (χ3v) is 3.17. The lowest BCUT2D eigenvalue weighted by Crippen LogP contribution is -2.08. The van der Waals surface area contributed by atoms with Gasteiger partial charge in [0.1, 0.15) is 12.1 Å². The molecule has 0 saturated heterocycles. The van der Waals surface area contributed by atoms with Crippen molar-refractivity contribution in [2.45, 2.75) is 6.92 Å². The smallest absolute Gasteiger partial charge is 0.221 e. The van der Waals surface area contributed by atoms with Gasteiger partial charge < -0.3 is 5.32 Å². The molecule has 0 heterocycles. The summed E-state index contributed by atoms with van der Waals surface area (Å²) < 4.78 is 0.946. The van der Waals surface area contributed by atoms with Crippen molar-refractivity contribution in [2.75, 3.05) is 5.32 Å². The number of rotatable bonds is 1. The highest BCUT2D eigenvalue weighted by Gasteiger charge is 2.15. The summed E-state index contributed by atoms with van der Waals surface area (Å²) in [5, 5.41) is 20.3. The first-order valence-corrected chi connectivity index (χ1v) is 5.69. The maximum absolute atomic E-state index is 11.0. The van der Waals surface area contributed by atoms with Gasteiger partial charge in [-0.3, -0.25) is 4.79 Å². The van der Waals surface area contributed by atoms with E-state index in [1.165, 1.54) is 13.0 Å². The Morgan fingerprint density at radius 2 is 2.00 bits per heavy atom. The van der Waals surface area contributed by atoms with Gasteiger partial charge in [-0.2, -0.15) is 10.5 Å². The van der Waals surface area contributed by atoms with Gasteiger partial charge in [0, 0.05) is 11.4 Å². The molecule has 16 heavy (non-hydrogen) atoms. The second kappa shape index (κ2) is 5.11. The van der Waals surface area contributed by atoms with E-state index in [2.05, 4.69) is 37.2 Å². The number of benzene rings is 1. The third kappa shape index (κ3) is 2.41. The maximum Gasteiger partial charge on any atom is 0.221 e. The summed E-state index contributed by atoms with van der Waals surface area (Å²) in [6, 6.07) is 5.32. The van der Waals surface area contributed by atoms with Crippen molar-refractivity contribution in [3.05, 3.63) is 26.1 Å². The van der Waals surface area contributed by atoms with E-state index in [4.69, 9.17) is 10.5 Å². The normalized spacial score (nSPS) is 9.06. The van der Waals surface area contributed by atoms with E-state index >= 15 is 0 Å². The molecule has 0 aliphatic heterocycles. The molecule has 0 atom stereocenters. The van der Waals surface area contributed by atoms with E-state index in [1.54, 1.807) is 0 Å². The summed E-state index contributed by atoms with van der Waals surface area (Å²) in [6.07, 6.45) is 0. The molecule has 1 aromatic carbocycles. The minimum atomic E-state index is -0.255. The monoisotopic (exact) mass is 341 g/mol. The average molecular weight is 343 g/mol. The Hall–Kier alpha value is -1.37. The van der Waals surface area contributed by atoms with Crippen molar-refractivity contribution < 1.29 is 4.79 Å². The van der Waals surface area contributed by atoms with E-state index in [-0.39, 0.29) is 17.0 Å². The van der Waals surface area contributed by atoms with Crippen LogP contribution in [0.1, 0.15) is 18.1 Å². The SMILES string of the molecule is CC(=O)Nc1c(Br)cc(C#N)c(C#N)c1Br. The number of halogens is 2. The van der Waals surface area contributed by atoms with E-state index in [1.807, 2.05) is 12.1 Å². The molecule has 1 aromatic rings. The minimum absolute atomic E-state index is 0.203. The highest BCUT2D eigenvalue weighted by molar-refractivity contribution is 9.11. The van der Waals surface area contributed by atoms with Gasteiger partial charge in [0.15, 0.2) is 0 Å². The lowest BCUT2D eigenvalue weighted by Gasteiger charge is -2.10. The van der Waals surface area contributed by atoms with Crippen LogP contribution < -0.4 is 5.32 Å². The summed E-state index contributed by atoms with van der Waals surface area (Å²) in [7, 11) is 0. The van der Waals surface area contributed by atoms with Crippen LogP contribution in [-0.2, 0) is 4.79 Å². The largest absolute Gasteiger partial charge is 0.324 e. The summed E-state index contributed by atoms with van der Waals surface area (Å²) in [5.74, 6) is -0.255. The molecule has 0 bridgehead atoms. The Labute approximate surface area is 109 Å². The molecule has 0 spiro atoms. The van der Waals surface area contributed by atoms with Gasteiger partial charge in [0.05, 0.1) is 21.3 Å². The number of amides is 1. The van der Waals surface area contributed by atoms with Crippen molar-refractivity contribution in [1.29, 1.82) is 10.5 Å². The van der Waals surface area contributed by atoms with Crippen LogP contribution in [-0.4, -0.2) is 5.91 Å². The third-order valence-electron chi connectivity index (χ3n) is 1.75. The molecule has 0 aliphatic rings. The van der Waals surface area contributed by atoms with Crippen LogP contribution in [0.4, 0.5) is 5.69 Å². The Kier molecular flexibility index (Phi) is 4.05. The quantitative estimate of drug-likeness (QED) is 0.852. The van der Waals surface area contributed by atoms with Gasteiger partial charge in [-0.1, -0.05) is 0 Å². The maximum atomic E-state index is 11.0. The van der Waals surface area contributed by atoms with E-state index in [0.717, 1.165) is 0 Å². The first-order valence-electron chi connectivity index (χ1n) is 4.11. The molecule has 1 amide bonds. The predicted octanol–water partition coefficient (Wildman–Crippen LogP) is 2.91. The average Bonchev–Trinajstić information content (AvgIpc) is 2.23. The van der Waals surface area contributed by atoms with E-state index in [0.29, 0.717) is 14.6 Å². The van der Waals surface area contributed by atoms with Gasteiger partial charge in [-0.15, -0.1) is 0 Å². The topological polar surface area (TPSA) is 76.7 Å². The fourth-order valence-corrected chi connectivity index (χ4v) is 2.51. The second-order valence-electron chi connectivity index (χ2n) is 2.87. The summed E-state index contributed by atoms with van der Waals surface area (Å²) in [6.45, 7) is 1.36. The lowest BCUT2D eigenvalue weighted by molar-refractivity contribution is -0.114. The standard InChI is InChI=1S/C10H5Br2N3O/c1-5(16)15-10-8(11)2-6(3-13)7(4-14)9(10)12/h2H,1H3,(H,15,16). The number of nitrogens with zero attached hydrogens (tertiary/aromatic N) is 2. The van der Waals surface area contributed by atoms with Crippen LogP contribution in [0.25, 0.3) is 0 Å².